The number of aromatic amines is 2. The molecule has 11 nitrogen and oxygen atoms in total. The lowest BCUT2D eigenvalue weighted by Crippen LogP contribution is -2.31. The van der Waals surface area contributed by atoms with Crippen LogP contribution in [0.3, 0.4) is 0 Å². The standard InChI is InChI=1S/C13H14N6O5/c1-24-8-4-2-3-7(10(8)21)5-15-17-9(20)6-14-11-12(22)16-13(23)19-18-11/h2-5,21H,6H2,1H3,(H,14,18)(H,17,20)(H2,16,19,22,23)/b15-5-. The van der Waals surface area contributed by atoms with Crippen LogP contribution in [0.2, 0.25) is 0 Å². The van der Waals surface area contributed by atoms with E-state index in [0.717, 1.165) is 0 Å². The number of ether oxygens (including phenoxy) is 1. The number of anilines is 1. The minimum Gasteiger partial charge on any atom is -0.504 e. The first-order valence-corrected chi connectivity index (χ1v) is 6.62. The highest BCUT2D eigenvalue weighted by molar-refractivity contribution is 5.87. The minimum atomic E-state index is -0.753. The van der Waals surface area contributed by atoms with E-state index in [1.165, 1.54) is 13.3 Å². The first-order valence-electron chi connectivity index (χ1n) is 6.62. The number of phenols is 1. The third-order valence-corrected chi connectivity index (χ3v) is 2.77. The summed E-state index contributed by atoms with van der Waals surface area (Å²) in [6.45, 7) is -0.302. The number of rotatable bonds is 6. The van der Waals surface area contributed by atoms with Crippen LogP contribution in [0.25, 0.3) is 0 Å². The Bertz CT molecular complexity index is 872. The van der Waals surface area contributed by atoms with Crippen LogP contribution >= 0.6 is 0 Å². The molecule has 0 spiro atoms. The number of hydrogen-bond acceptors (Lipinski definition) is 8. The molecule has 2 rings (SSSR count). The lowest BCUT2D eigenvalue weighted by Gasteiger charge is -2.05. The molecule has 0 fully saturated rings. The van der Waals surface area contributed by atoms with E-state index in [4.69, 9.17) is 4.74 Å². The van der Waals surface area contributed by atoms with E-state index < -0.39 is 17.2 Å². The second kappa shape index (κ2) is 7.58. The van der Waals surface area contributed by atoms with E-state index in [2.05, 4.69) is 20.9 Å². The molecule has 0 radical (unpaired) electrons. The summed E-state index contributed by atoms with van der Waals surface area (Å²) in [7, 11) is 1.41. The molecule has 0 aliphatic rings. The van der Waals surface area contributed by atoms with Crippen LogP contribution in [-0.2, 0) is 4.79 Å². The van der Waals surface area contributed by atoms with Gasteiger partial charge in [-0.1, -0.05) is 6.07 Å². The number of carbonyl (C=O) groups is 1. The first-order chi connectivity index (χ1) is 11.5. The van der Waals surface area contributed by atoms with Crippen LogP contribution in [0.15, 0.2) is 32.9 Å². The van der Waals surface area contributed by atoms with Crippen molar-refractivity contribution in [2.45, 2.75) is 0 Å². The fourth-order valence-electron chi connectivity index (χ4n) is 1.65. The van der Waals surface area contributed by atoms with Gasteiger partial charge in [0.25, 0.3) is 11.5 Å². The molecule has 2 aromatic rings. The summed E-state index contributed by atoms with van der Waals surface area (Å²) in [5.74, 6) is -0.615. The van der Waals surface area contributed by atoms with Gasteiger partial charge in [-0.2, -0.15) is 5.10 Å². The third-order valence-electron chi connectivity index (χ3n) is 2.77. The summed E-state index contributed by atoms with van der Waals surface area (Å²) in [5, 5.41) is 21.4. The predicted molar refractivity (Wildman–Crippen MR) is 84.4 cm³/mol. The van der Waals surface area contributed by atoms with Crippen molar-refractivity contribution in [2.24, 2.45) is 5.10 Å². The SMILES string of the molecule is COc1cccc(/C=N\NC(=O)CNc2n[nH]c(=O)[nH]c2=O)c1O. The van der Waals surface area contributed by atoms with Gasteiger partial charge in [0.05, 0.1) is 19.9 Å². The maximum atomic E-state index is 11.6. The summed E-state index contributed by atoms with van der Waals surface area (Å²) in [5.41, 5.74) is 1.04. The molecule has 5 N–H and O–H groups in total. The number of benzene rings is 1. The van der Waals surface area contributed by atoms with Crippen molar-refractivity contribution in [2.75, 3.05) is 19.0 Å². The molecule has 11 heteroatoms. The van der Waals surface area contributed by atoms with E-state index in [1.807, 2.05) is 10.1 Å². The van der Waals surface area contributed by atoms with Gasteiger partial charge in [0.1, 0.15) is 0 Å². The smallest absolute Gasteiger partial charge is 0.342 e. The van der Waals surface area contributed by atoms with Gasteiger partial charge in [0.15, 0.2) is 11.5 Å². The topological polar surface area (TPSA) is 162 Å². The van der Waals surface area contributed by atoms with Crippen LogP contribution in [0.5, 0.6) is 11.5 Å². The number of para-hydroxylation sites is 1. The summed E-state index contributed by atoms with van der Waals surface area (Å²) >= 11 is 0. The number of aromatic hydroxyl groups is 1. The largest absolute Gasteiger partial charge is 0.504 e. The van der Waals surface area contributed by atoms with E-state index in [9.17, 15) is 19.5 Å². The van der Waals surface area contributed by atoms with Gasteiger partial charge < -0.3 is 15.2 Å². The van der Waals surface area contributed by atoms with Gasteiger partial charge in [-0.3, -0.25) is 14.6 Å². The van der Waals surface area contributed by atoms with Crippen molar-refractivity contribution >= 4 is 17.9 Å². The summed E-state index contributed by atoms with van der Waals surface area (Å²) in [6.07, 6.45) is 1.24. The van der Waals surface area contributed by atoms with E-state index >= 15 is 0 Å². The summed E-state index contributed by atoms with van der Waals surface area (Å²) < 4.78 is 4.95. The summed E-state index contributed by atoms with van der Waals surface area (Å²) in [4.78, 5) is 35.7. The predicted octanol–water partition coefficient (Wildman–Crippen LogP) is -1.27. The third kappa shape index (κ3) is 4.19. The molecule has 0 atom stereocenters. The van der Waals surface area contributed by atoms with Crippen molar-refractivity contribution < 1.29 is 14.6 Å². The summed E-state index contributed by atoms with van der Waals surface area (Å²) in [6, 6.07) is 4.80. The van der Waals surface area contributed by atoms with Crippen LogP contribution in [-0.4, -0.2) is 46.1 Å². The lowest BCUT2D eigenvalue weighted by atomic mass is 10.2. The number of methoxy groups -OCH3 is 1. The Morgan fingerprint density at radius 2 is 2.25 bits per heavy atom. The number of aromatic nitrogens is 3. The van der Waals surface area contributed by atoms with Crippen molar-refractivity contribution in [1.82, 2.24) is 20.6 Å². The minimum absolute atomic E-state index is 0.111. The highest BCUT2D eigenvalue weighted by Gasteiger charge is 2.06. The van der Waals surface area contributed by atoms with Crippen LogP contribution in [0.4, 0.5) is 5.82 Å². The molecule has 24 heavy (non-hydrogen) atoms. The number of nitrogens with one attached hydrogen (secondary N) is 4. The van der Waals surface area contributed by atoms with Crippen LogP contribution in [0.1, 0.15) is 5.56 Å². The number of hydrazone groups is 1. The maximum absolute atomic E-state index is 11.6. The Kier molecular flexibility index (Phi) is 5.28. The number of H-pyrrole nitrogens is 2. The van der Waals surface area contributed by atoms with Crippen molar-refractivity contribution in [3.63, 3.8) is 0 Å². The molecule has 1 aromatic carbocycles. The molecular weight excluding hydrogens is 320 g/mol. The fraction of sp³-hybridized carbons (Fsp3) is 0.154. The van der Waals surface area contributed by atoms with Gasteiger partial charge in [-0.15, -0.1) is 5.10 Å². The second-order valence-corrected chi connectivity index (χ2v) is 4.40. The van der Waals surface area contributed by atoms with Crippen LogP contribution in [0, 0.1) is 0 Å². The van der Waals surface area contributed by atoms with E-state index in [-0.39, 0.29) is 23.9 Å². The van der Waals surface area contributed by atoms with Gasteiger partial charge in [-0.25, -0.2) is 15.3 Å². The first kappa shape index (κ1) is 16.7. The molecule has 1 heterocycles. The van der Waals surface area contributed by atoms with Gasteiger partial charge in [0, 0.05) is 5.56 Å². The van der Waals surface area contributed by atoms with Gasteiger partial charge >= 0.3 is 5.69 Å². The van der Waals surface area contributed by atoms with Crippen LogP contribution < -0.4 is 26.7 Å². The zero-order chi connectivity index (χ0) is 17.5. The molecule has 0 aliphatic carbocycles. The van der Waals surface area contributed by atoms with Crippen molar-refractivity contribution in [1.29, 1.82) is 0 Å². The van der Waals surface area contributed by atoms with Crippen molar-refractivity contribution in [3.8, 4) is 11.5 Å². The quantitative estimate of drug-likeness (QED) is 0.325. The number of carbonyl (C=O) groups excluding carboxylic acids is 1. The molecule has 126 valence electrons. The molecule has 0 saturated heterocycles. The molecule has 0 bridgehead atoms. The molecule has 0 aliphatic heterocycles. The highest BCUT2D eigenvalue weighted by Crippen LogP contribution is 2.27. The molecule has 0 saturated carbocycles. The number of phenolic OH excluding ortho intramolecular Hbond substituents is 1. The fourth-order valence-corrected chi connectivity index (χ4v) is 1.65. The Balaban J connectivity index is 1.91. The van der Waals surface area contributed by atoms with E-state index in [0.29, 0.717) is 5.56 Å². The Morgan fingerprint density at radius 1 is 1.46 bits per heavy atom. The Hall–Kier alpha value is -3.63. The number of hydrogen-bond donors (Lipinski definition) is 5. The van der Waals surface area contributed by atoms with Crippen molar-refractivity contribution in [3.05, 3.63) is 44.6 Å². The highest BCUT2D eigenvalue weighted by atomic mass is 16.5. The normalized spacial score (nSPS) is 10.5. The van der Waals surface area contributed by atoms with Gasteiger partial charge in [-0.05, 0) is 12.1 Å². The molecular formula is C13H14N6O5. The molecule has 1 aromatic heterocycles. The number of nitrogens with zero attached hydrogens (tertiary/aromatic N) is 2. The Morgan fingerprint density at radius 3 is 2.96 bits per heavy atom. The average Bonchev–Trinajstić information content (AvgIpc) is 2.55. The molecule has 1 amide bonds. The average molecular weight is 334 g/mol. The van der Waals surface area contributed by atoms with Gasteiger partial charge in [0.2, 0.25) is 5.82 Å². The zero-order valence-corrected chi connectivity index (χ0v) is 12.5. The molecule has 0 unspecified atom stereocenters. The number of amides is 1. The zero-order valence-electron chi connectivity index (χ0n) is 12.5. The van der Waals surface area contributed by atoms with E-state index in [1.54, 1.807) is 18.2 Å². The second-order valence-electron chi connectivity index (χ2n) is 4.40. The maximum Gasteiger partial charge on any atom is 0.342 e. The monoisotopic (exact) mass is 334 g/mol. The Labute approximate surface area is 134 Å². The lowest BCUT2D eigenvalue weighted by molar-refractivity contribution is -0.119.